The summed E-state index contributed by atoms with van der Waals surface area (Å²) in [5, 5.41) is 2.90. The number of hydrogen-bond donors (Lipinski definition) is 1. The highest BCUT2D eigenvalue weighted by Gasteiger charge is 2.18. The van der Waals surface area contributed by atoms with Crippen molar-refractivity contribution in [3.63, 3.8) is 0 Å². The van der Waals surface area contributed by atoms with Crippen LogP contribution in [0.3, 0.4) is 0 Å². The molecule has 0 fully saturated rings. The summed E-state index contributed by atoms with van der Waals surface area (Å²) in [4.78, 5) is 17.6. The Hall–Kier alpha value is -2.28. The first kappa shape index (κ1) is 16.6. The second kappa shape index (κ2) is 7.53. The van der Waals surface area contributed by atoms with E-state index in [0.717, 1.165) is 18.5 Å². The van der Waals surface area contributed by atoms with Crippen molar-refractivity contribution in [2.24, 2.45) is 0 Å². The molecular weight excluding hydrogens is 328 g/mol. The molecule has 1 aliphatic rings. The number of carbonyl (C=O) groups excluding carboxylic acids is 1. The van der Waals surface area contributed by atoms with Gasteiger partial charge in [-0.05, 0) is 38.8 Å². The number of fused-ring (bicyclic) bond motifs is 1. The van der Waals surface area contributed by atoms with Crippen LogP contribution in [-0.2, 0) is 11.2 Å². The topological polar surface area (TPSA) is 69.7 Å². The molecular formula is C17H20N2O4S. The lowest BCUT2D eigenvalue weighted by Crippen LogP contribution is -2.36. The van der Waals surface area contributed by atoms with Crippen molar-refractivity contribution < 1.29 is 19.0 Å². The normalized spacial score (nSPS) is 13.6. The number of amides is 1. The molecule has 1 aromatic carbocycles. The lowest BCUT2D eigenvalue weighted by molar-refractivity contribution is -0.127. The van der Waals surface area contributed by atoms with Crippen molar-refractivity contribution in [3.05, 3.63) is 34.3 Å². The Morgan fingerprint density at radius 2 is 2.25 bits per heavy atom. The molecule has 2 heterocycles. The highest BCUT2D eigenvalue weighted by molar-refractivity contribution is 7.09. The van der Waals surface area contributed by atoms with Crippen LogP contribution in [0.1, 0.15) is 23.9 Å². The number of aromatic nitrogens is 1. The monoisotopic (exact) mass is 348 g/mol. The summed E-state index contributed by atoms with van der Waals surface area (Å²) in [6, 6.07) is 5.28. The zero-order chi connectivity index (χ0) is 16.9. The minimum absolute atomic E-state index is 0.131. The molecule has 0 radical (unpaired) electrons. The lowest BCUT2D eigenvalue weighted by atomic mass is 10.2. The summed E-state index contributed by atoms with van der Waals surface area (Å²) in [6.07, 6.45) is 1.23. The van der Waals surface area contributed by atoms with E-state index in [1.54, 1.807) is 36.5 Å². The van der Waals surface area contributed by atoms with E-state index in [2.05, 4.69) is 10.3 Å². The summed E-state index contributed by atoms with van der Waals surface area (Å²) >= 11 is 1.66. The van der Waals surface area contributed by atoms with Crippen molar-refractivity contribution in [2.45, 2.75) is 32.8 Å². The predicted octanol–water partition coefficient (Wildman–Crippen LogP) is 2.70. The summed E-state index contributed by atoms with van der Waals surface area (Å²) < 4.78 is 16.2. The summed E-state index contributed by atoms with van der Waals surface area (Å²) in [7, 11) is 0. The number of thiazole rings is 1. The van der Waals surface area contributed by atoms with Gasteiger partial charge in [-0.15, -0.1) is 11.3 Å². The molecule has 1 amide bonds. The average molecular weight is 348 g/mol. The van der Waals surface area contributed by atoms with Gasteiger partial charge in [-0.3, -0.25) is 4.79 Å². The fourth-order valence-electron chi connectivity index (χ4n) is 2.38. The molecule has 0 bridgehead atoms. The SMILES string of the molecule is Cc1ncsc1CCCNC(=O)C(C)Oc1ccc2c(c1)OCO2. The number of carbonyl (C=O) groups is 1. The van der Waals surface area contributed by atoms with Crippen molar-refractivity contribution in [1.29, 1.82) is 0 Å². The molecule has 128 valence electrons. The average Bonchev–Trinajstić information content (AvgIpc) is 3.19. The summed E-state index contributed by atoms with van der Waals surface area (Å²) in [5.41, 5.74) is 2.93. The molecule has 1 unspecified atom stereocenters. The van der Waals surface area contributed by atoms with Gasteiger partial charge in [-0.1, -0.05) is 0 Å². The second-order valence-electron chi connectivity index (χ2n) is 5.53. The molecule has 0 saturated heterocycles. The number of hydrogen-bond acceptors (Lipinski definition) is 6. The van der Waals surface area contributed by atoms with Crippen molar-refractivity contribution in [2.75, 3.05) is 13.3 Å². The molecule has 1 N–H and O–H groups in total. The van der Waals surface area contributed by atoms with Crippen LogP contribution >= 0.6 is 11.3 Å². The molecule has 1 aliphatic heterocycles. The number of ether oxygens (including phenoxy) is 3. The lowest BCUT2D eigenvalue weighted by Gasteiger charge is -2.15. The van der Waals surface area contributed by atoms with E-state index in [1.807, 2.05) is 12.4 Å². The quantitative estimate of drug-likeness (QED) is 0.779. The van der Waals surface area contributed by atoms with E-state index in [1.165, 1.54) is 4.88 Å². The Kier molecular flexibility index (Phi) is 5.20. The molecule has 0 aliphatic carbocycles. The van der Waals surface area contributed by atoms with Gasteiger partial charge in [-0.2, -0.15) is 0 Å². The highest BCUT2D eigenvalue weighted by Crippen LogP contribution is 2.35. The van der Waals surface area contributed by atoms with Gasteiger partial charge >= 0.3 is 0 Å². The highest BCUT2D eigenvalue weighted by atomic mass is 32.1. The van der Waals surface area contributed by atoms with Gasteiger partial charge in [0.15, 0.2) is 17.6 Å². The van der Waals surface area contributed by atoms with Gasteiger partial charge < -0.3 is 19.5 Å². The molecule has 1 aromatic heterocycles. The maximum atomic E-state index is 12.1. The maximum absolute atomic E-state index is 12.1. The smallest absolute Gasteiger partial charge is 0.260 e. The fourth-order valence-corrected chi connectivity index (χ4v) is 3.20. The standard InChI is InChI=1S/C17H20N2O4S/c1-11-16(24-9-19-11)4-3-7-18-17(20)12(2)23-13-5-6-14-15(8-13)22-10-21-14/h5-6,8-9,12H,3-4,7,10H2,1-2H3,(H,18,20). The van der Waals surface area contributed by atoms with Crippen molar-refractivity contribution >= 4 is 17.2 Å². The second-order valence-corrected chi connectivity index (χ2v) is 6.47. The number of rotatable bonds is 7. The van der Waals surface area contributed by atoms with Gasteiger partial charge in [0.05, 0.1) is 11.2 Å². The molecule has 7 heteroatoms. The Morgan fingerprint density at radius 1 is 1.42 bits per heavy atom. The zero-order valence-electron chi connectivity index (χ0n) is 13.7. The first-order valence-electron chi connectivity index (χ1n) is 7.86. The Labute approximate surface area is 144 Å². The van der Waals surface area contributed by atoms with E-state index in [-0.39, 0.29) is 12.7 Å². The molecule has 1 atom stereocenters. The minimum Gasteiger partial charge on any atom is -0.481 e. The van der Waals surface area contributed by atoms with Crippen LogP contribution in [0.4, 0.5) is 0 Å². The molecule has 2 aromatic rings. The maximum Gasteiger partial charge on any atom is 0.260 e. The molecule has 24 heavy (non-hydrogen) atoms. The van der Waals surface area contributed by atoms with E-state index >= 15 is 0 Å². The van der Waals surface area contributed by atoms with Gasteiger partial charge in [0.25, 0.3) is 5.91 Å². The van der Waals surface area contributed by atoms with Crippen molar-refractivity contribution in [1.82, 2.24) is 10.3 Å². The Morgan fingerprint density at radius 3 is 3.04 bits per heavy atom. The van der Waals surface area contributed by atoms with E-state index in [4.69, 9.17) is 14.2 Å². The Bertz CT molecular complexity index is 716. The van der Waals surface area contributed by atoms with Crippen LogP contribution in [0.2, 0.25) is 0 Å². The fraction of sp³-hybridized carbons (Fsp3) is 0.412. The van der Waals surface area contributed by atoms with Gasteiger partial charge in [0.1, 0.15) is 5.75 Å². The van der Waals surface area contributed by atoms with E-state index < -0.39 is 6.10 Å². The first-order chi connectivity index (χ1) is 11.6. The number of nitrogens with zero attached hydrogens (tertiary/aromatic N) is 1. The van der Waals surface area contributed by atoms with Crippen LogP contribution in [-0.4, -0.2) is 30.3 Å². The van der Waals surface area contributed by atoms with Crippen LogP contribution in [0.5, 0.6) is 17.2 Å². The largest absolute Gasteiger partial charge is 0.481 e. The van der Waals surface area contributed by atoms with Crippen LogP contribution in [0.25, 0.3) is 0 Å². The third-order valence-corrected chi connectivity index (χ3v) is 4.75. The van der Waals surface area contributed by atoms with Gasteiger partial charge in [0.2, 0.25) is 6.79 Å². The summed E-state index contributed by atoms with van der Waals surface area (Å²) in [6.45, 7) is 4.57. The predicted molar refractivity (Wildman–Crippen MR) is 90.8 cm³/mol. The zero-order valence-corrected chi connectivity index (χ0v) is 14.5. The Balaban J connectivity index is 1.42. The molecule has 0 spiro atoms. The molecule has 3 rings (SSSR count). The van der Waals surface area contributed by atoms with Crippen LogP contribution < -0.4 is 19.5 Å². The number of aryl methyl sites for hydroxylation is 2. The number of benzene rings is 1. The van der Waals surface area contributed by atoms with Crippen molar-refractivity contribution in [3.8, 4) is 17.2 Å². The molecule has 0 saturated carbocycles. The van der Waals surface area contributed by atoms with Gasteiger partial charge in [0, 0.05) is 17.5 Å². The first-order valence-corrected chi connectivity index (χ1v) is 8.74. The minimum atomic E-state index is -0.574. The van der Waals surface area contributed by atoms with Gasteiger partial charge in [-0.25, -0.2) is 4.98 Å². The van der Waals surface area contributed by atoms with E-state index in [9.17, 15) is 4.79 Å². The van der Waals surface area contributed by atoms with Crippen LogP contribution in [0, 0.1) is 6.92 Å². The summed E-state index contributed by atoms with van der Waals surface area (Å²) in [5.74, 6) is 1.79. The third kappa shape index (κ3) is 3.97. The number of nitrogens with one attached hydrogen (secondary N) is 1. The van der Waals surface area contributed by atoms with Crippen LogP contribution in [0.15, 0.2) is 23.7 Å². The van der Waals surface area contributed by atoms with E-state index in [0.29, 0.717) is 23.8 Å². The molecule has 6 nitrogen and oxygen atoms in total. The third-order valence-electron chi connectivity index (χ3n) is 3.75.